The van der Waals surface area contributed by atoms with E-state index in [1.54, 1.807) is 6.92 Å². The number of aromatic hydroxyl groups is 1. The van der Waals surface area contributed by atoms with Gasteiger partial charge in [0.2, 0.25) is 11.5 Å². The van der Waals surface area contributed by atoms with Crippen molar-refractivity contribution in [2.75, 3.05) is 20.2 Å². The second-order valence-electron chi connectivity index (χ2n) is 6.32. The highest BCUT2D eigenvalue weighted by Crippen LogP contribution is 2.36. The Morgan fingerprint density at radius 2 is 1.96 bits per heavy atom. The normalized spacial score (nSPS) is 20.3. The highest BCUT2D eigenvalue weighted by molar-refractivity contribution is 6.14. The quantitative estimate of drug-likeness (QED) is 0.528. The summed E-state index contributed by atoms with van der Waals surface area (Å²) in [6.45, 7) is 5.71. The molecule has 0 saturated carbocycles. The van der Waals surface area contributed by atoms with Gasteiger partial charge in [-0.15, -0.1) is 0 Å². The van der Waals surface area contributed by atoms with Crippen LogP contribution in [-0.4, -0.2) is 41.4 Å². The fourth-order valence-electron chi connectivity index (χ4n) is 3.66. The van der Waals surface area contributed by atoms with E-state index in [9.17, 15) is 9.90 Å². The first kappa shape index (κ1) is 15.8. The van der Waals surface area contributed by atoms with Gasteiger partial charge in [-0.2, -0.15) is 0 Å². The van der Waals surface area contributed by atoms with Gasteiger partial charge in [0.15, 0.2) is 11.5 Å². The highest BCUT2D eigenvalue weighted by Gasteiger charge is 2.32. The van der Waals surface area contributed by atoms with Gasteiger partial charge in [0.25, 0.3) is 5.95 Å². The van der Waals surface area contributed by atoms with Crippen molar-refractivity contribution in [3.8, 4) is 11.7 Å². The monoisotopic (exact) mass is 318 g/mol. The smallest absolute Gasteiger partial charge is 0.289 e. The minimum atomic E-state index is -0.251. The van der Waals surface area contributed by atoms with Crippen LogP contribution in [0.5, 0.6) is 11.7 Å². The second kappa shape index (κ2) is 6.22. The van der Waals surface area contributed by atoms with Crippen LogP contribution >= 0.6 is 0 Å². The van der Waals surface area contributed by atoms with Gasteiger partial charge in [-0.05, 0) is 26.7 Å². The lowest BCUT2D eigenvalue weighted by Crippen LogP contribution is -2.18. The Morgan fingerprint density at radius 3 is 2.70 bits per heavy atom. The molecular weight excluding hydrogens is 294 g/mol. The lowest BCUT2D eigenvalue weighted by Gasteiger charge is -2.08. The maximum absolute atomic E-state index is 12.9. The Hall–Kier alpha value is -2.04. The van der Waals surface area contributed by atoms with E-state index < -0.39 is 0 Å². The molecule has 0 amide bonds. The van der Waals surface area contributed by atoms with Crippen molar-refractivity contribution in [2.24, 2.45) is 0 Å². The number of nitrogens with zero attached hydrogens (tertiary/aromatic N) is 1. The average molecular weight is 318 g/mol. The van der Waals surface area contributed by atoms with Crippen molar-refractivity contribution in [1.29, 1.82) is 0 Å². The van der Waals surface area contributed by atoms with Crippen molar-refractivity contribution in [3.63, 3.8) is 0 Å². The zero-order valence-corrected chi connectivity index (χ0v) is 14.1. The molecule has 2 aliphatic rings. The SMILES string of the molecule is COc1c(C(=O)/C(C)=C2\CCCC[N+]3=C2CCC3)oc(O)c1C. The standard InChI is InChI=1S/C18H23NO4/c1-11(13-7-4-5-9-19-10-6-8-14(13)19)15(20)17-16(22-3)12(2)18(21)23-17/h4-10H2,1-3H3/p+1/b13-11+. The highest BCUT2D eigenvalue weighted by atomic mass is 16.5. The summed E-state index contributed by atoms with van der Waals surface area (Å²) in [5.74, 6) is -0.0169. The number of allylic oxidation sites excluding steroid dienone is 2. The summed E-state index contributed by atoms with van der Waals surface area (Å²) in [4.78, 5) is 12.9. The molecule has 1 aromatic rings. The van der Waals surface area contributed by atoms with E-state index in [1.807, 2.05) is 6.92 Å². The van der Waals surface area contributed by atoms with Gasteiger partial charge >= 0.3 is 0 Å². The van der Waals surface area contributed by atoms with Crippen LogP contribution in [0.25, 0.3) is 0 Å². The fraction of sp³-hybridized carbons (Fsp3) is 0.556. The minimum Gasteiger partial charge on any atom is -0.492 e. The van der Waals surface area contributed by atoms with Crippen molar-refractivity contribution < 1.29 is 23.6 Å². The number of rotatable bonds is 3. The van der Waals surface area contributed by atoms with Crippen LogP contribution in [0.4, 0.5) is 0 Å². The lowest BCUT2D eigenvalue weighted by atomic mass is 9.94. The molecule has 0 aromatic carbocycles. The molecule has 0 saturated heterocycles. The molecule has 0 bridgehead atoms. The summed E-state index contributed by atoms with van der Waals surface area (Å²) in [6.07, 6.45) is 5.39. The molecule has 0 radical (unpaired) electrons. The van der Waals surface area contributed by atoms with Gasteiger partial charge in [0, 0.05) is 30.4 Å². The number of carbonyl (C=O) groups excluding carboxylic acids is 1. The maximum Gasteiger partial charge on any atom is 0.289 e. The van der Waals surface area contributed by atoms with E-state index in [1.165, 1.54) is 19.2 Å². The number of methoxy groups -OCH3 is 1. The first-order chi connectivity index (χ1) is 11.0. The van der Waals surface area contributed by atoms with E-state index >= 15 is 0 Å². The van der Waals surface area contributed by atoms with Gasteiger partial charge in [-0.1, -0.05) is 0 Å². The first-order valence-electron chi connectivity index (χ1n) is 8.26. The molecule has 2 aliphatic heterocycles. The number of carbonyl (C=O) groups is 1. The second-order valence-corrected chi connectivity index (χ2v) is 6.32. The predicted molar refractivity (Wildman–Crippen MR) is 86.8 cm³/mol. The van der Waals surface area contributed by atoms with Crippen LogP contribution in [0.3, 0.4) is 0 Å². The lowest BCUT2D eigenvalue weighted by molar-refractivity contribution is -0.519. The topological polar surface area (TPSA) is 62.7 Å². The molecule has 0 atom stereocenters. The van der Waals surface area contributed by atoms with Crippen LogP contribution in [0.2, 0.25) is 0 Å². The third-order valence-corrected chi connectivity index (χ3v) is 4.95. The molecule has 0 aliphatic carbocycles. The van der Waals surface area contributed by atoms with Crippen LogP contribution in [0.1, 0.15) is 55.1 Å². The number of ketones is 1. The van der Waals surface area contributed by atoms with Gasteiger partial charge < -0.3 is 14.3 Å². The molecular formula is C18H24NO4+. The fourth-order valence-corrected chi connectivity index (χ4v) is 3.66. The molecule has 1 N–H and O–H groups in total. The van der Waals surface area contributed by atoms with E-state index in [2.05, 4.69) is 4.58 Å². The molecule has 0 spiro atoms. The molecule has 3 heterocycles. The first-order valence-corrected chi connectivity index (χ1v) is 8.26. The summed E-state index contributed by atoms with van der Waals surface area (Å²) in [5.41, 5.74) is 3.64. The van der Waals surface area contributed by atoms with E-state index in [0.717, 1.165) is 44.3 Å². The number of Topliss-reactive ketones (excluding diaryl/α,β-unsaturated/α-hetero) is 1. The Bertz CT molecular complexity index is 709. The molecule has 5 nitrogen and oxygen atoms in total. The van der Waals surface area contributed by atoms with E-state index in [4.69, 9.17) is 9.15 Å². The van der Waals surface area contributed by atoms with Gasteiger partial charge in [-0.25, -0.2) is 4.58 Å². The molecule has 23 heavy (non-hydrogen) atoms. The van der Waals surface area contributed by atoms with Gasteiger partial charge in [0.05, 0.1) is 12.7 Å². The van der Waals surface area contributed by atoms with Crippen molar-refractivity contribution in [2.45, 2.75) is 46.0 Å². The molecule has 5 heteroatoms. The van der Waals surface area contributed by atoms with Crippen LogP contribution < -0.4 is 4.74 Å². The zero-order valence-electron chi connectivity index (χ0n) is 14.1. The third-order valence-electron chi connectivity index (χ3n) is 4.95. The average Bonchev–Trinajstić information content (AvgIpc) is 3.05. The molecule has 0 unspecified atom stereocenters. The molecule has 1 aromatic heterocycles. The number of furan rings is 1. The summed E-state index contributed by atoms with van der Waals surface area (Å²) < 4.78 is 12.9. The Kier molecular flexibility index (Phi) is 4.28. The molecule has 124 valence electrons. The summed E-state index contributed by atoms with van der Waals surface area (Å²) >= 11 is 0. The summed E-state index contributed by atoms with van der Waals surface area (Å²) in [7, 11) is 1.48. The van der Waals surface area contributed by atoms with Crippen molar-refractivity contribution in [3.05, 3.63) is 22.5 Å². The largest absolute Gasteiger partial charge is 0.492 e. The Morgan fingerprint density at radius 1 is 1.22 bits per heavy atom. The Labute approximate surface area is 136 Å². The van der Waals surface area contributed by atoms with Crippen LogP contribution in [0, 0.1) is 6.92 Å². The predicted octanol–water partition coefficient (Wildman–Crippen LogP) is 3.23. The minimum absolute atomic E-state index is 0.0990. The summed E-state index contributed by atoms with van der Waals surface area (Å²) in [6, 6.07) is 0. The van der Waals surface area contributed by atoms with E-state index in [-0.39, 0.29) is 17.5 Å². The van der Waals surface area contributed by atoms with Gasteiger partial charge in [0.1, 0.15) is 13.1 Å². The van der Waals surface area contributed by atoms with Crippen LogP contribution in [-0.2, 0) is 0 Å². The Balaban J connectivity index is 2.04. The van der Waals surface area contributed by atoms with E-state index in [0.29, 0.717) is 16.9 Å². The zero-order chi connectivity index (χ0) is 16.6. The summed E-state index contributed by atoms with van der Waals surface area (Å²) in [5, 5.41) is 9.76. The van der Waals surface area contributed by atoms with Gasteiger partial charge in [-0.3, -0.25) is 4.79 Å². The van der Waals surface area contributed by atoms with Crippen molar-refractivity contribution >= 4 is 11.5 Å². The molecule has 0 fully saturated rings. The maximum atomic E-state index is 12.9. The number of hydrogen-bond donors (Lipinski definition) is 1. The van der Waals surface area contributed by atoms with Crippen molar-refractivity contribution in [1.82, 2.24) is 0 Å². The number of ether oxygens (including phenoxy) is 1. The molecule has 3 rings (SSSR count). The van der Waals surface area contributed by atoms with Crippen LogP contribution in [0.15, 0.2) is 15.6 Å². The third kappa shape index (κ3) is 2.69. The number of hydrogen-bond acceptors (Lipinski definition) is 4.